The summed E-state index contributed by atoms with van der Waals surface area (Å²) >= 11 is 1.67. The molecule has 2 saturated heterocycles. The molecule has 2 aliphatic heterocycles. The molecular weight excluding hydrogens is 332 g/mol. The fourth-order valence-electron chi connectivity index (χ4n) is 3.02. The van der Waals surface area contributed by atoms with E-state index in [1.54, 1.807) is 11.3 Å². The van der Waals surface area contributed by atoms with Crippen LogP contribution in [0, 0.1) is 0 Å². The summed E-state index contributed by atoms with van der Waals surface area (Å²) in [5, 5.41) is 5.32. The van der Waals surface area contributed by atoms with E-state index in [0.29, 0.717) is 18.8 Å². The number of hydrogen-bond acceptors (Lipinski definition) is 5. The largest absolute Gasteiger partial charge is 0.397 e. The Morgan fingerprint density at radius 2 is 2.04 bits per heavy atom. The lowest BCUT2D eigenvalue weighted by Crippen LogP contribution is -2.42. The third-order valence-electron chi connectivity index (χ3n) is 4.51. The minimum Gasteiger partial charge on any atom is -0.397 e. The third kappa shape index (κ3) is 3.24. The maximum atomic E-state index is 13.2. The highest BCUT2D eigenvalue weighted by molar-refractivity contribution is 7.13. The number of nitrogens with zero attached hydrogens (tertiary/aromatic N) is 1. The van der Waals surface area contributed by atoms with Crippen molar-refractivity contribution in [2.45, 2.75) is 31.2 Å². The number of epoxide rings is 1. The molecular formula is C17H19F2N3OS. The quantitative estimate of drug-likeness (QED) is 0.649. The van der Waals surface area contributed by atoms with Crippen LogP contribution in [0.4, 0.5) is 20.2 Å². The van der Waals surface area contributed by atoms with Crippen LogP contribution in [0.5, 0.6) is 0 Å². The topological polar surface area (TPSA) is 53.8 Å². The van der Waals surface area contributed by atoms with Gasteiger partial charge in [-0.25, -0.2) is 8.78 Å². The van der Waals surface area contributed by atoms with Crippen molar-refractivity contribution in [1.82, 2.24) is 4.90 Å². The number of benzene rings is 1. The second kappa shape index (κ2) is 5.98. The maximum absolute atomic E-state index is 13.2. The number of nitrogens with one attached hydrogen (secondary N) is 1. The molecule has 1 aromatic carbocycles. The smallest absolute Gasteiger partial charge is 0.250 e. The van der Waals surface area contributed by atoms with E-state index in [1.165, 1.54) is 4.88 Å². The van der Waals surface area contributed by atoms with Crippen LogP contribution in [0.1, 0.15) is 12.8 Å². The monoisotopic (exact) mass is 351 g/mol. The number of hydrogen-bond donors (Lipinski definition) is 2. The van der Waals surface area contributed by atoms with Gasteiger partial charge in [-0.15, -0.1) is 11.3 Å². The Labute approximate surface area is 143 Å². The number of nitrogens with two attached hydrogens (primary N) is 1. The molecule has 3 N–H and O–H groups in total. The Balaban J connectivity index is 1.41. The molecule has 2 fully saturated rings. The van der Waals surface area contributed by atoms with E-state index in [2.05, 4.69) is 11.4 Å². The number of rotatable bonds is 4. The number of piperidine rings is 1. The van der Waals surface area contributed by atoms with Crippen molar-refractivity contribution < 1.29 is 13.5 Å². The van der Waals surface area contributed by atoms with Gasteiger partial charge in [0, 0.05) is 30.8 Å². The number of likely N-dealkylation sites (tertiary alicyclic amines) is 1. The summed E-state index contributed by atoms with van der Waals surface area (Å²) in [5.41, 5.74) is 8.61. The molecule has 1 aromatic heterocycles. The second-order valence-electron chi connectivity index (χ2n) is 6.26. The highest BCUT2D eigenvalue weighted by Crippen LogP contribution is 2.36. The average molecular weight is 351 g/mol. The standard InChI is InChI=1S/C17H19F2N3OS/c18-17(19)5-7-22(8-6-17)16-15(23-16)21-13-10-11(3-4-12(13)20)14-2-1-9-24-14/h1-4,9-10,15-16,21H,5-8,20H2. The van der Waals surface area contributed by atoms with Crippen LogP contribution in [-0.2, 0) is 4.74 Å². The molecule has 2 aromatic rings. The molecule has 128 valence electrons. The molecule has 0 saturated carbocycles. The molecule has 24 heavy (non-hydrogen) atoms. The van der Waals surface area contributed by atoms with E-state index in [4.69, 9.17) is 10.5 Å². The van der Waals surface area contributed by atoms with Crippen LogP contribution in [0.25, 0.3) is 10.4 Å². The molecule has 0 radical (unpaired) electrons. The lowest BCUT2D eigenvalue weighted by molar-refractivity contribution is -0.0625. The summed E-state index contributed by atoms with van der Waals surface area (Å²) in [7, 11) is 0. The molecule has 2 unspecified atom stereocenters. The van der Waals surface area contributed by atoms with E-state index in [9.17, 15) is 8.78 Å². The van der Waals surface area contributed by atoms with Crippen LogP contribution in [0.15, 0.2) is 35.7 Å². The zero-order chi connectivity index (χ0) is 16.7. The van der Waals surface area contributed by atoms with Crippen molar-refractivity contribution in [3.05, 3.63) is 35.7 Å². The Kier molecular flexibility index (Phi) is 3.94. The van der Waals surface area contributed by atoms with Gasteiger partial charge in [0.1, 0.15) is 0 Å². The predicted molar refractivity (Wildman–Crippen MR) is 92.2 cm³/mol. The Morgan fingerprint density at radius 3 is 2.75 bits per heavy atom. The van der Waals surface area contributed by atoms with Gasteiger partial charge in [0.25, 0.3) is 5.92 Å². The van der Waals surface area contributed by atoms with Crippen molar-refractivity contribution in [2.75, 3.05) is 24.1 Å². The molecule has 0 amide bonds. The lowest BCUT2D eigenvalue weighted by atomic mass is 10.1. The zero-order valence-corrected chi connectivity index (χ0v) is 13.9. The normalized spacial score (nSPS) is 26.2. The van der Waals surface area contributed by atoms with Crippen LogP contribution >= 0.6 is 11.3 Å². The average Bonchev–Trinajstić information content (AvgIpc) is 3.09. The Morgan fingerprint density at radius 1 is 1.25 bits per heavy atom. The van der Waals surface area contributed by atoms with Crippen LogP contribution < -0.4 is 11.1 Å². The van der Waals surface area contributed by atoms with Gasteiger partial charge in [0.05, 0.1) is 11.4 Å². The molecule has 3 heterocycles. The van der Waals surface area contributed by atoms with Gasteiger partial charge >= 0.3 is 0 Å². The van der Waals surface area contributed by atoms with E-state index in [-0.39, 0.29) is 25.3 Å². The van der Waals surface area contributed by atoms with Gasteiger partial charge in [-0.05, 0) is 29.1 Å². The van der Waals surface area contributed by atoms with E-state index in [1.807, 2.05) is 34.5 Å². The molecule has 2 aliphatic rings. The highest BCUT2D eigenvalue weighted by Gasteiger charge is 2.47. The number of halogens is 2. The number of alkyl halides is 2. The molecule has 0 spiro atoms. The predicted octanol–water partition coefficient (Wildman–Crippen LogP) is 3.82. The first kappa shape index (κ1) is 15.8. The fraction of sp³-hybridized carbons (Fsp3) is 0.412. The molecule has 0 bridgehead atoms. The maximum Gasteiger partial charge on any atom is 0.250 e. The van der Waals surface area contributed by atoms with Crippen molar-refractivity contribution in [2.24, 2.45) is 0 Å². The summed E-state index contributed by atoms with van der Waals surface area (Å²) in [6.07, 6.45) is -0.547. The van der Waals surface area contributed by atoms with Crippen molar-refractivity contribution in [1.29, 1.82) is 0 Å². The lowest BCUT2D eigenvalue weighted by Gasteiger charge is -2.30. The summed E-state index contributed by atoms with van der Waals surface area (Å²) in [4.78, 5) is 3.14. The molecule has 4 rings (SSSR count). The van der Waals surface area contributed by atoms with Crippen LogP contribution in [0.3, 0.4) is 0 Å². The second-order valence-corrected chi connectivity index (χ2v) is 7.21. The minimum atomic E-state index is -2.53. The summed E-state index contributed by atoms with van der Waals surface area (Å²) in [5.74, 6) is -2.53. The third-order valence-corrected chi connectivity index (χ3v) is 5.43. The van der Waals surface area contributed by atoms with Crippen LogP contribution in [0.2, 0.25) is 0 Å². The first-order valence-electron chi connectivity index (χ1n) is 7.99. The Bertz CT molecular complexity index is 713. The number of anilines is 2. The van der Waals surface area contributed by atoms with Gasteiger partial charge in [-0.3, -0.25) is 4.90 Å². The van der Waals surface area contributed by atoms with Gasteiger partial charge in [-0.2, -0.15) is 0 Å². The van der Waals surface area contributed by atoms with Crippen LogP contribution in [-0.4, -0.2) is 36.4 Å². The number of thiophene rings is 1. The van der Waals surface area contributed by atoms with E-state index < -0.39 is 5.92 Å². The number of nitrogen functional groups attached to an aromatic ring is 1. The van der Waals surface area contributed by atoms with Crippen molar-refractivity contribution in [3.63, 3.8) is 0 Å². The van der Waals surface area contributed by atoms with Gasteiger partial charge in [0.15, 0.2) is 12.5 Å². The Hall–Kier alpha value is -1.70. The molecule has 7 heteroatoms. The summed E-state index contributed by atoms with van der Waals surface area (Å²) in [6.45, 7) is 0.723. The van der Waals surface area contributed by atoms with Gasteiger partial charge in [-0.1, -0.05) is 12.1 Å². The zero-order valence-electron chi connectivity index (χ0n) is 13.0. The van der Waals surface area contributed by atoms with Crippen molar-refractivity contribution >= 4 is 22.7 Å². The molecule has 4 nitrogen and oxygen atoms in total. The summed E-state index contributed by atoms with van der Waals surface area (Å²) < 4.78 is 32.1. The van der Waals surface area contributed by atoms with Gasteiger partial charge in [0.2, 0.25) is 0 Å². The molecule has 0 aliphatic carbocycles. The van der Waals surface area contributed by atoms with Gasteiger partial charge < -0.3 is 15.8 Å². The summed E-state index contributed by atoms with van der Waals surface area (Å²) in [6, 6.07) is 9.94. The minimum absolute atomic E-state index is 0.102. The van der Waals surface area contributed by atoms with E-state index in [0.717, 1.165) is 11.3 Å². The first-order chi connectivity index (χ1) is 11.5. The number of ether oxygens (including phenoxy) is 1. The van der Waals surface area contributed by atoms with Crippen molar-refractivity contribution in [3.8, 4) is 10.4 Å². The SMILES string of the molecule is Nc1ccc(-c2cccs2)cc1NC1OC1N1CCC(F)(F)CC1. The highest BCUT2D eigenvalue weighted by atomic mass is 32.1. The van der Waals surface area contributed by atoms with E-state index >= 15 is 0 Å². The first-order valence-corrected chi connectivity index (χ1v) is 8.87. The molecule has 2 atom stereocenters. The fourth-order valence-corrected chi connectivity index (χ4v) is 3.75.